The monoisotopic (exact) mass is 536 g/mol. The number of nitrogens with one attached hydrogen (secondary N) is 1. The van der Waals surface area contributed by atoms with E-state index in [9.17, 15) is 27.6 Å². The van der Waals surface area contributed by atoms with Crippen LogP contribution in [0.25, 0.3) is 0 Å². The highest BCUT2D eigenvalue weighted by molar-refractivity contribution is 7.89. The van der Waals surface area contributed by atoms with E-state index in [-0.39, 0.29) is 49.5 Å². The fourth-order valence-corrected chi connectivity index (χ4v) is 6.72. The Morgan fingerprint density at radius 3 is 2.19 bits per heavy atom. The van der Waals surface area contributed by atoms with E-state index in [0.29, 0.717) is 24.3 Å². The number of halogens is 1. The lowest BCUT2D eigenvalue weighted by Crippen LogP contribution is -2.64. The molecule has 2 aliphatic rings. The van der Waals surface area contributed by atoms with Gasteiger partial charge in [-0.05, 0) is 68.3 Å². The van der Waals surface area contributed by atoms with Gasteiger partial charge in [-0.25, -0.2) is 18.3 Å². The van der Waals surface area contributed by atoms with Crippen LogP contribution in [0.15, 0.2) is 53.4 Å². The minimum absolute atomic E-state index is 0.0315. The van der Waals surface area contributed by atoms with Crippen LogP contribution in [0.3, 0.4) is 0 Å². The van der Waals surface area contributed by atoms with Crippen LogP contribution in [0, 0.1) is 5.82 Å². The van der Waals surface area contributed by atoms with Gasteiger partial charge >= 0.3 is 5.97 Å². The van der Waals surface area contributed by atoms with E-state index in [1.165, 1.54) is 48.5 Å². The van der Waals surface area contributed by atoms with Crippen LogP contribution in [0.5, 0.6) is 11.5 Å². The molecule has 200 valence electrons. The predicted molar refractivity (Wildman–Crippen MR) is 128 cm³/mol. The molecule has 37 heavy (non-hydrogen) atoms. The zero-order chi connectivity index (χ0) is 26.6. The lowest BCUT2D eigenvalue weighted by molar-refractivity contribution is -0.152. The first-order chi connectivity index (χ1) is 17.7. The summed E-state index contributed by atoms with van der Waals surface area (Å²) in [6, 6.07) is 10.9. The molecule has 0 aliphatic carbocycles. The van der Waals surface area contributed by atoms with Crippen molar-refractivity contribution < 1.29 is 41.8 Å². The molecule has 12 heteroatoms. The van der Waals surface area contributed by atoms with Gasteiger partial charge in [-0.1, -0.05) is 0 Å². The van der Waals surface area contributed by atoms with E-state index in [0.717, 1.165) is 4.31 Å². The van der Waals surface area contributed by atoms with Gasteiger partial charge < -0.3 is 14.2 Å². The molecule has 3 atom stereocenters. The molecule has 2 aromatic carbocycles. The zero-order valence-corrected chi connectivity index (χ0v) is 21.1. The number of carbonyl (C=O) groups is 2. The lowest BCUT2D eigenvalue weighted by Gasteiger charge is -2.45. The van der Waals surface area contributed by atoms with E-state index in [4.69, 9.17) is 14.2 Å². The molecule has 10 nitrogen and oxygen atoms in total. The summed E-state index contributed by atoms with van der Waals surface area (Å²) in [5, 5.41) is 9.59. The van der Waals surface area contributed by atoms with Gasteiger partial charge in [-0.15, -0.1) is 0 Å². The molecule has 2 bridgehead atoms. The van der Waals surface area contributed by atoms with Crippen molar-refractivity contribution in [1.29, 1.82) is 0 Å². The first-order valence-corrected chi connectivity index (χ1v) is 13.4. The van der Waals surface area contributed by atoms with Crippen molar-refractivity contribution >= 4 is 21.9 Å². The first kappa shape index (κ1) is 27.0. The summed E-state index contributed by atoms with van der Waals surface area (Å²) in [7, 11) is -4.35. The Labute approximate surface area is 214 Å². The third kappa shape index (κ3) is 5.77. The number of ether oxygens (including phenoxy) is 3. The molecule has 2 fully saturated rings. The number of sulfonamides is 1. The number of amides is 1. The summed E-state index contributed by atoms with van der Waals surface area (Å²) in [5.41, 5.74) is -0.0211. The van der Waals surface area contributed by atoms with Crippen LogP contribution in [0.2, 0.25) is 0 Å². The van der Waals surface area contributed by atoms with Crippen molar-refractivity contribution in [3.8, 4) is 11.5 Å². The van der Waals surface area contributed by atoms with E-state index in [1.54, 1.807) is 12.4 Å². The van der Waals surface area contributed by atoms with Gasteiger partial charge in [0.2, 0.25) is 10.0 Å². The van der Waals surface area contributed by atoms with Crippen molar-refractivity contribution in [3.63, 3.8) is 0 Å². The van der Waals surface area contributed by atoms with Crippen molar-refractivity contribution in [2.45, 2.75) is 61.7 Å². The number of carbonyl (C=O) groups excluding carboxylic acids is 2. The van der Waals surface area contributed by atoms with E-state index < -0.39 is 33.3 Å². The first-order valence-electron chi connectivity index (χ1n) is 12.0. The fraction of sp³-hybridized carbons (Fsp3) is 0.440. The van der Waals surface area contributed by atoms with Crippen LogP contribution >= 0.6 is 0 Å². The largest absolute Gasteiger partial charge is 0.466 e. The molecule has 4 rings (SSSR count). The van der Waals surface area contributed by atoms with Crippen molar-refractivity contribution in [2.24, 2.45) is 0 Å². The second kappa shape index (κ2) is 11.1. The summed E-state index contributed by atoms with van der Waals surface area (Å²) >= 11 is 0. The Kier molecular flexibility index (Phi) is 8.12. The van der Waals surface area contributed by atoms with Gasteiger partial charge in [-0.3, -0.25) is 14.8 Å². The number of hydrogen-bond donors (Lipinski definition) is 2. The second-order valence-corrected chi connectivity index (χ2v) is 10.9. The Bertz CT molecular complexity index is 1210. The number of esters is 1. The smallest absolute Gasteiger partial charge is 0.307 e. The Balaban J connectivity index is 1.67. The lowest BCUT2D eigenvalue weighted by atomic mass is 9.85. The van der Waals surface area contributed by atoms with Crippen LogP contribution in [0.1, 0.15) is 39.0 Å². The van der Waals surface area contributed by atoms with Crippen LogP contribution < -0.4 is 10.2 Å². The van der Waals surface area contributed by atoms with E-state index in [1.807, 2.05) is 0 Å². The highest BCUT2D eigenvalue weighted by atomic mass is 32.2. The number of fused-ring (bicyclic) bond motifs is 2. The number of nitrogens with zero attached hydrogens (tertiary/aromatic N) is 1. The minimum Gasteiger partial charge on any atom is -0.466 e. The minimum atomic E-state index is -4.35. The van der Waals surface area contributed by atoms with Crippen molar-refractivity contribution in [3.05, 3.63) is 54.3 Å². The average Bonchev–Trinajstić information content (AvgIpc) is 3.23. The van der Waals surface area contributed by atoms with Gasteiger partial charge in [0.25, 0.3) is 5.91 Å². The standard InChI is InChI=1S/C25H29FN2O8S/c1-2-34-23(29)13-14-28(25(24(30)27-31)15-20-7-8-21(16-25)36-20)37(32,33)22-11-9-19(10-12-22)35-18-5-3-17(26)4-6-18/h3-6,9-12,20-21,31H,2,7-8,13-16H2,1H3,(H,27,30)/t20-,21+,25?. The molecule has 2 N–H and O–H groups in total. The maximum atomic E-state index is 14.0. The fourth-order valence-electron chi connectivity index (χ4n) is 4.96. The molecular weight excluding hydrogens is 507 g/mol. The molecule has 2 aromatic rings. The Morgan fingerprint density at radius 2 is 1.65 bits per heavy atom. The predicted octanol–water partition coefficient (Wildman–Crippen LogP) is 3.15. The van der Waals surface area contributed by atoms with Gasteiger partial charge in [0.05, 0.1) is 30.1 Å². The molecule has 1 amide bonds. The quantitative estimate of drug-likeness (QED) is 0.269. The maximum absolute atomic E-state index is 14.0. The SMILES string of the molecule is CCOC(=O)CCN(C1(C(=O)NO)C[C@H]2CC[C@@H](C1)O2)S(=O)(=O)c1ccc(Oc2ccc(F)cc2)cc1. The van der Waals surface area contributed by atoms with E-state index in [2.05, 4.69) is 0 Å². The summed E-state index contributed by atoms with van der Waals surface area (Å²) in [6.45, 7) is 1.43. The maximum Gasteiger partial charge on any atom is 0.307 e. The molecule has 0 spiro atoms. The zero-order valence-electron chi connectivity index (χ0n) is 20.3. The number of rotatable bonds is 10. The third-order valence-electron chi connectivity index (χ3n) is 6.61. The third-order valence-corrected chi connectivity index (χ3v) is 8.59. The van der Waals surface area contributed by atoms with Gasteiger partial charge in [0, 0.05) is 19.4 Å². The molecule has 2 aliphatic heterocycles. The van der Waals surface area contributed by atoms with Crippen molar-refractivity contribution in [1.82, 2.24) is 9.79 Å². The summed E-state index contributed by atoms with van der Waals surface area (Å²) in [5.74, 6) is -1.23. The molecule has 0 saturated carbocycles. The Morgan fingerprint density at radius 1 is 1.08 bits per heavy atom. The molecule has 1 unspecified atom stereocenters. The van der Waals surface area contributed by atoms with Crippen LogP contribution in [0.4, 0.5) is 4.39 Å². The highest BCUT2D eigenvalue weighted by Gasteiger charge is 2.56. The number of hydroxylamine groups is 1. The van der Waals surface area contributed by atoms with Crippen LogP contribution in [-0.2, 0) is 29.1 Å². The Hall–Kier alpha value is -3.06. The highest BCUT2D eigenvalue weighted by Crippen LogP contribution is 2.44. The van der Waals surface area contributed by atoms with Gasteiger partial charge in [-0.2, -0.15) is 4.31 Å². The second-order valence-electron chi connectivity index (χ2n) is 9.00. The normalized spacial score (nSPS) is 23.0. The van der Waals surface area contributed by atoms with Crippen molar-refractivity contribution in [2.75, 3.05) is 13.2 Å². The average molecular weight is 537 g/mol. The summed E-state index contributed by atoms with van der Waals surface area (Å²) < 4.78 is 58.5. The number of benzene rings is 2. The molecular formula is C25H29FN2O8S. The molecule has 0 radical (unpaired) electrons. The van der Waals surface area contributed by atoms with Gasteiger partial charge in [0.1, 0.15) is 22.9 Å². The summed E-state index contributed by atoms with van der Waals surface area (Å²) in [4.78, 5) is 25.1. The van der Waals surface area contributed by atoms with Gasteiger partial charge in [0.15, 0.2) is 0 Å². The van der Waals surface area contributed by atoms with E-state index >= 15 is 0 Å². The topological polar surface area (TPSA) is 131 Å². The molecule has 2 saturated heterocycles. The molecule has 0 aromatic heterocycles. The van der Waals surface area contributed by atoms with Crippen LogP contribution in [-0.4, -0.2) is 60.7 Å². The molecule has 2 heterocycles. The summed E-state index contributed by atoms with van der Waals surface area (Å²) in [6.07, 6.45) is 0.382. The number of hydrogen-bond acceptors (Lipinski definition) is 8.